The van der Waals surface area contributed by atoms with Gasteiger partial charge in [-0.2, -0.15) is 0 Å². The standard InChI is InChI=1S/C19H31N3O.2C2H6/c1-2-3-15-23-19-8-7-17(21-11-5-4-6-12-21)16-18(19)22-13-9-20-10-14-22;2*1-2/h7-8,16,20H,2-6,9-15H2,1H3;2*1-2H3. The first kappa shape index (κ1) is 23.6. The summed E-state index contributed by atoms with van der Waals surface area (Å²) in [5.41, 5.74) is 2.65. The molecule has 156 valence electrons. The summed E-state index contributed by atoms with van der Waals surface area (Å²) in [4.78, 5) is 5.01. The average molecular weight is 378 g/mol. The van der Waals surface area contributed by atoms with Crippen molar-refractivity contribution in [1.82, 2.24) is 5.32 Å². The van der Waals surface area contributed by atoms with Crippen molar-refractivity contribution < 1.29 is 4.74 Å². The van der Waals surface area contributed by atoms with E-state index in [1.54, 1.807) is 0 Å². The van der Waals surface area contributed by atoms with Gasteiger partial charge in [-0.15, -0.1) is 0 Å². The molecule has 0 aliphatic carbocycles. The molecule has 1 aromatic carbocycles. The molecule has 0 atom stereocenters. The highest BCUT2D eigenvalue weighted by Crippen LogP contribution is 2.34. The Labute approximate surface area is 168 Å². The lowest BCUT2D eigenvalue weighted by molar-refractivity contribution is 0.309. The number of nitrogens with one attached hydrogen (secondary N) is 1. The summed E-state index contributed by atoms with van der Waals surface area (Å²) in [7, 11) is 0. The van der Waals surface area contributed by atoms with Crippen LogP contribution in [0.5, 0.6) is 5.75 Å². The topological polar surface area (TPSA) is 27.7 Å². The SMILES string of the molecule is CC.CC.CCCCOc1ccc(N2CCCCC2)cc1N1CCNCC1. The van der Waals surface area contributed by atoms with Crippen molar-refractivity contribution in [2.75, 3.05) is 55.7 Å². The van der Waals surface area contributed by atoms with Crippen molar-refractivity contribution in [3.63, 3.8) is 0 Å². The first-order chi connectivity index (χ1) is 13.4. The molecule has 1 N–H and O–H groups in total. The van der Waals surface area contributed by atoms with Crippen LogP contribution in [0.4, 0.5) is 11.4 Å². The van der Waals surface area contributed by atoms with E-state index in [-0.39, 0.29) is 0 Å². The molecule has 0 radical (unpaired) electrons. The molecule has 0 amide bonds. The molecule has 0 spiro atoms. The van der Waals surface area contributed by atoms with Gasteiger partial charge in [0.25, 0.3) is 0 Å². The number of rotatable bonds is 6. The Morgan fingerprint density at radius 1 is 0.889 bits per heavy atom. The third-order valence-corrected chi connectivity index (χ3v) is 4.88. The van der Waals surface area contributed by atoms with Gasteiger partial charge < -0.3 is 19.9 Å². The van der Waals surface area contributed by atoms with E-state index in [9.17, 15) is 0 Å². The molecule has 2 heterocycles. The number of piperazine rings is 1. The highest BCUT2D eigenvalue weighted by molar-refractivity contribution is 5.67. The Balaban J connectivity index is 0.000000855. The summed E-state index contributed by atoms with van der Waals surface area (Å²) in [5.74, 6) is 1.06. The molecule has 0 bridgehead atoms. The molecule has 2 fully saturated rings. The van der Waals surface area contributed by atoms with Gasteiger partial charge in [-0.1, -0.05) is 41.0 Å². The van der Waals surface area contributed by atoms with E-state index in [1.165, 1.54) is 50.1 Å². The lowest BCUT2D eigenvalue weighted by Crippen LogP contribution is -2.43. The van der Waals surface area contributed by atoms with Crippen LogP contribution < -0.4 is 19.9 Å². The van der Waals surface area contributed by atoms with Gasteiger partial charge in [-0.3, -0.25) is 0 Å². The molecule has 0 unspecified atom stereocenters. The summed E-state index contributed by atoms with van der Waals surface area (Å²) in [6, 6.07) is 6.80. The molecular weight excluding hydrogens is 334 g/mol. The second kappa shape index (κ2) is 14.6. The van der Waals surface area contributed by atoms with Gasteiger partial charge in [0, 0.05) is 45.0 Å². The Morgan fingerprint density at radius 3 is 2.19 bits per heavy atom. The number of benzene rings is 1. The first-order valence-corrected chi connectivity index (χ1v) is 11.4. The summed E-state index contributed by atoms with van der Waals surface area (Å²) >= 11 is 0. The molecule has 2 aliphatic rings. The minimum Gasteiger partial charge on any atom is -0.491 e. The molecule has 2 aliphatic heterocycles. The van der Waals surface area contributed by atoms with Gasteiger partial charge in [0.05, 0.1) is 12.3 Å². The zero-order valence-corrected chi connectivity index (χ0v) is 18.5. The zero-order chi connectivity index (χ0) is 19.9. The summed E-state index contributed by atoms with van der Waals surface area (Å²) in [5, 5.41) is 3.44. The summed E-state index contributed by atoms with van der Waals surface area (Å²) in [6.45, 7) is 17.7. The molecule has 4 nitrogen and oxygen atoms in total. The number of hydrogen-bond donors (Lipinski definition) is 1. The molecule has 0 aromatic heterocycles. The quantitative estimate of drug-likeness (QED) is 0.679. The molecule has 2 saturated heterocycles. The van der Waals surface area contributed by atoms with Crippen LogP contribution in [-0.2, 0) is 0 Å². The van der Waals surface area contributed by atoms with E-state index in [4.69, 9.17) is 4.74 Å². The Bertz CT molecular complexity index is 481. The van der Waals surface area contributed by atoms with Crippen molar-refractivity contribution in [2.24, 2.45) is 0 Å². The average Bonchev–Trinajstić information content (AvgIpc) is 2.78. The molecule has 0 saturated carbocycles. The van der Waals surface area contributed by atoms with Crippen LogP contribution in [-0.4, -0.2) is 45.9 Å². The zero-order valence-electron chi connectivity index (χ0n) is 18.5. The fourth-order valence-electron chi connectivity index (χ4n) is 3.46. The molecule has 27 heavy (non-hydrogen) atoms. The van der Waals surface area contributed by atoms with E-state index in [0.29, 0.717) is 0 Å². The van der Waals surface area contributed by atoms with Crippen LogP contribution >= 0.6 is 0 Å². The Morgan fingerprint density at radius 2 is 1.56 bits per heavy atom. The highest BCUT2D eigenvalue weighted by Gasteiger charge is 2.18. The number of hydrogen-bond acceptors (Lipinski definition) is 4. The fourth-order valence-corrected chi connectivity index (χ4v) is 3.46. The van der Waals surface area contributed by atoms with Gasteiger partial charge in [-0.05, 0) is 43.9 Å². The van der Waals surface area contributed by atoms with E-state index < -0.39 is 0 Å². The van der Waals surface area contributed by atoms with Crippen LogP contribution in [0.2, 0.25) is 0 Å². The molecule has 3 rings (SSSR count). The normalized spacial score (nSPS) is 16.6. The lowest BCUT2D eigenvalue weighted by Gasteiger charge is -2.33. The van der Waals surface area contributed by atoms with Crippen LogP contribution in [0.3, 0.4) is 0 Å². The molecule has 1 aromatic rings. The van der Waals surface area contributed by atoms with Crippen LogP contribution in [0.1, 0.15) is 66.7 Å². The second-order valence-electron chi connectivity index (χ2n) is 6.64. The van der Waals surface area contributed by atoms with E-state index in [0.717, 1.165) is 45.0 Å². The van der Waals surface area contributed by atoms with Crippen molar-refractivity contribution in [3.05, 3.63) is 18.2 Å². The minimum absolute atomic E-state index is 0.818. The predicted molar refractivity (Wildman–Crippen MR) is 121 cm³/mol. The fraction of sp³-hybridized carbons (Fsp3) is 0.739. The minimum atomic E-state index is 0.818. The van der Waals surface area contributed by atoms with Crippen molar-refractivity contribution >= 4 is 11.4 Å². The van der Waals surface area contributed by atoms with Crippen molar-refractivity contribution in [3.8, 4) is 5.75 Å². The van der Waals surface area contributed by atoms with Gasteiger partial charge >= 0.3 is 0 Å². The third kappa shape index (κ3) is 7.61. The van der Waals surface area contributed by atoms with Crippen LogP contribution in [0.25, 0.3) is 0 Å². The summed E-state index contributed by atoms with van der Waals surface area (Å²) < 4.78 is 6.09. The molecule has 4 heteroatoms. The smallest absolute Gasteiger partial charge is 0.142 e. The van der Waals surface area contributed by atoms with E-state index in [2.05, 4.69) is 40.2 Å². The van der Waals surface area contributed by atoms with E-state index in [1.807, 2.05) is 27.7 Å². The highest BCUT2D eigenvalue weighted by atomic mass is 16.5. The maximum absolute atomic E-state index is 6.09. The maximum Gasteiger partial charge on any atom is 0.142 e. The van der Waals surface area contributed by atoms with Gasteiger partial charge in [0.15, 0.2) is 0 Å². The second-order valence-corrected chi connectivity index (χ2v) is 6.64. The number of piperidine rings is 1. The Hall–Kier alpha value is -1.42. The predicted octanol–water partition coefficient (Wildman–Crippen LogP) is 5.32. The molecular formula is C23H43N3O. The van der Waals surface area contributed by atoms with Crippen LogP contribution in [0.15, 0.2) is 18.2 Å². The number of anilines is 2. The Kier molecular flexibility index (Phi) is 12.8. The van der Waals surface area contributed by atoms with Crippen LogP contribution in [0, 0.1) is 0 Å². The summed E-state index contributed by atoms with van der Waals surface area (Å²) in [6.07, 6.45) is 6.30. The van der Waals surface area contributed by atoms with E-state index >= 15 is 0 Å². The first-order valence-electron chi connectivity index (χ1n) is 11.4. The third-order valence-electron chi connectivity index (χ3n) is 4.88. The van der Waals surface area contributed by atoms with Gasteiger partial charge in [-0.25, -0.2) is 0 Å². The lowest BCUT2D eigenvalue weighted by atomic mass is 10.1. The number of nitrogens with zero attached hydrogens (tertiary/aromatic N) is 2. The largest absolute Gasteiger partial charge is 0.491 e. The number of unbranched alkanes of at least 4 members (excludes halogenated alkanes) is 1. The van der Waals surface area contributed by atoms with Gasteiger partial charge in [0.2, 0.25) is 0 Å². The van der Waals surface area contributed by atoms with Crippen molar-refractivity contribution in [1.29, 1.82) is 0 Å². The monoisotopic (exact) mass is 377 g/mol. The maximum atomic E-state index is 6.09. The number of ether oxygens (including phenoxy) is 1. The van der Waals surface area contributed by atoms with Crippen molar-refractivity contribution in [2.45, 2.75) is 66.7 Å². The van der Waals surface area contributed by atoms with Gasteiger partial charge in [0.1, 0.15) is 5.75 Å².